The van der Waals surface area contributed by atoms with Crippen LogP contribution in [0.4, 0.5) is 5.69 Å². The minimum atomic E-state index is -0.471. The van der Waals surface area contributed by atoms with E-state index < -0.39 is 6.10 Å². The molecule has 6 nitrogen and oxygen atoms in total. The minimum absolute atomic E-state index is 0.134. The molecule has 0 bridgehead atoms. The van der Waals surface area contributed by atoms with E-state index in [1.54, 1.807) is 24.3 Å². The van der Waals surface area contributed by atoms with Gasteiger partial charge in [0.15, 0.2) is 11.5 Å². The Morgan fingerprint density at radius 1 is 1.00 bits per heavy atom. The topological polar surface area (TPSA) is 72.6 Å². The number of ketones is 2. The lowest BCUT2D eigenvalue weighted by Crippen LogP contribution is -2.74. The lowest BCUT2D eigenvalue weighted by atomic mass is 9.76. The van der Waals surface area contributed by atoms with E-state index in [4.69, 9.17) is 4.74 Å². The molecule has 2 aliphatic carbocycles. The summed E-state index contributed by atoms with van der Waals surface area (Å²) in [6.45, 7) is 3.60. The molecule has 3 aliphatic rings. The lowest BCUT2D eigenvalue weighted by molar-refractivity contribution is -0.363. The van der Waals surface area contributed by atoms with Crippen LogP contribution in [0.15, 0.2) is 65.4 Å². The first-order chi connectivity index (χ1) is 15.5. The molecule has 0 amide bonds. The number of para-hydroxylation sites is 1. The Balaban J connectivity index is 1.63. The van der Waals surface area contributed by atoms with Crippen LogP contribution in [0, 0.1) is 6.92 Å². The largest absolute Gasteiger partial charge is 0.468 e. The molecule has 6 heteroatoms. The Morgan fingerprint density at radius 2 is 1.72 bits per heavy atom. The van der Waals surface area contributed by atoms with E-state index in [1.165, 1.54) is 0 Å². The SMILES string of the molecule is Cc1cccc2c1[NH+]=C1C3=C(C(=O)c4ccccc4C3=O)C(NCCCN(C)C)=CC1O2. The first-order valence-electron chi connectivity index (χ1n) is 10.9. The zero-order chi connectivity index (χ0) is 22.4. The van der Waals surface area contributed by atoms with Crippen LogP contribution >= 0.6 is 0 Å². The highest BCUT2D eigenvalue weighted by Gasteiger charge is 2.46. The standard InChI is InChI=1S/C26H25N3O3/c1-15-8-6-11-19-23(15)28-24-20(32-19)14-18(27-12-7-13-29(2)3)21-22(24)26(31)17-10-5-4-9-16(17)25(21)30/h4-6,8-11,14,20,27H,7,12-13H2,1-3H3/p+1. The number of carbonyl (C=O) groups excluding carboxylic acids is 2. The van der Waals surface area contributed by atoms with E-state index in [0.29, 0.717) is 40.2 Å². The Hall–Kier alpha value is -3.51. The number of hydrogen-bond donors (Lipinski definition) is 2. The van der Waals surface area contributed by atoms with Gasteiger partial charge in [-0.2, -0.15) is 0 Å². The Labute approximate surface area is 187 Å². The summed E-state index contributed by atoms with van der Waals surface area (Å²) in [6.07, 6.45) is 2.36. The number of Topliss-reactive ketones (excluding diaryl/α,β-unsaturated/α-hetero) is 2. The molecular formula is C26H26N3O3+. The average molecular weight is 429 g/mol. The fourth-order valence-electron chi connectivity index (χ4n) is 4.51. The predicted molar refractivity (Wildman–Crippen MR) is 123 cm³/mol. The smallest absolute Gasteiger partial charge is 0.249 e. The Kier molecular flexibility index (Phi) is 5.02. The fourth-order valence-corrected chi connectivity index (χ4v) is 4.51. The van der Waals surface area contributed by atoms with Gasteiger partial charge in [-0.25, -0.2) is 4.99 Å². The van der Waals surface area contributed by atoms with Gasteiger partial charge in [-0.1, -0.05) is 36.4 Å². The van der Waals surface area contributed by atoms with E-state index in [0.717, 1.165) is 30.0 Å². The quantitative estimate of drug-likeness (QED) is 0.710. The van der Waals surface area contributed by atoms with E-state index >= 15 is 0 Å². The maximum Gasteiger partial charge on any atom is 0.249 e. The third-order valence-electron chi connectivity index (χ3n) is 6.11. The third-order valence-corrected chi connectivity index (χ3v) is 6.11. The number of ether oxygens (including phenoxy) is 1. The third kappa shape index (κ3) is 3.28. The first kappa shape index (κ1) is 20.4. The van der Waals surface area contributed by atoms with Gasteiger partial charge in [-0.3, -0.25) is 9.59 Å². The summed E-state index contributed by atoms with van der Waals surface area (Å²) in [5.74, 6) is 0.454. The molecule has 1 aliphatic heterocycles. The van der Waals surface area contributed by atoms with Crippen molar-refractivity contribution in [1.82, 2.24) is 10.2 Å². The van der Waals surface area contributed by atoms with Gasteiger partial charge in [0.05, 0.1) is 5.57 Å². The summed E-state index contributed by atoms with van der Waals surface area (Å²) >= 11 is 0. The molecule has 0 aromatic heterocycles. The van der Waals surface area contributed by atoms with Gasteiger partial charge < -0.3 is 15.0 Å². The van der Waals surface area contributed by atoms with Gasteiger partial charge in [0, 0.05) is 28.9 Å². The summed E-state index contributed by atoms with van der Waals surface area (Å²) in [7, 11) is 4.06. The highest BCUT2D eigenvalue weighted by Crippen LogP contribution is 2.36. The van der Waals surface area contributed by atoms with Crippen molar-refractivity contribution in [1.29, 1.82) is 0 Å². The number of allylic oxidation sites excluding steroid dienone is 1. The summed E-state index contributed by atoms with van der Waals surface area (Å²) in [4.78, 5) is 32.7. The molecule has 2 N–H and O–H groups in total. The normalized spacial score (nSPS) is 18.8. The number of fused-ring (bicyclic) bond motifs is 4. The maximum absolute atomic E-state index is 13.6. The molecule has 2 aromatic rings. The van der Waals surface area contributed by atoms with Crippen LogP contribution in [-0.4, -0.2) is 55.5 Å². The zero-order valence-corrected chi connectivity index (χ0v) is 18.5. The fraction of sp³-hybridized carbons (Fsp3) is 0.269. The molecular weight excluding hydrogens is 402 g/mol. The number of carbonyl (C=O) groups is 2. The van der Waals surface area contributed by atoms with Crippen molar-refractivity contribution in [3.05, 3.63) is 82.1 Å². The van der Waals surface area contributed by atoms with Gasteiger partial charge in [-0.15, -0.1) is 0 Å². The molecule has 0 fully saturated rings. The lowest BCUT2D eigenvalue weighted by Gasteiger charge is -2.30. The van der Waals surface area contributed by atoms with Gasteiger partial charge in [-0.05, 0) is 46.1 Å². The number of hydrogen-bond acceptors (Lipinski definition) is 5. The maximum atomic E-state index is 13.6. The van der Waals surface area contributed by atoms with Crippen molar-refractivity contribution in [2.45, 2.75) is 19.4 Å². The molecule has 0 radical (unpaired) electrons. The number of rotatable bonds is 5. The minimum Gasteiger partial charge on any atom is -0.468 e. The van der Waals surface area contributed by atoms with Gasteiger partial charge in [0.1, 0.15) is 5.57 Å². The molecule has 1 heterocycles. The zero-order valence-electron chi connectivity index (χ0n) is 18.5. The van der Waals surface area contributed by atoms with Crippen LogP contribution in [0.2, 0.25) is 0 Å². The molecule has 0 saturated carbocycles. The molecule has 0 saturated heterocycles. The second kappa shape index (κ2) is 7.88. The van der Waals surface area contributed by atoms with Crippen molar-refractivity contribution in [2.75, 3.05) is 27.2 Å². The van der Waals surface area contributed by atoms with E-state index in [2.05, 4.69) is 15.2 Å². The number of nitrogens with zero attached hydrogens (tertiary/aromatic N) is 1. The monoisotopic (exact) mass is 428 g/mol. The first-order valence-corrected chi connectivity index (χ1v) is 10.9. The summed E-state index contributed by atoms with van der Waals surface area (Å²) in [5, 5.41) is 3.41. The Bertz CT molecular complexity index is 1240. The second-order valence-corrected chi connectivity index (χ2v) is 8.64. The molecule has 2 aromatic carbocycles. The van der Waals surface area contributed by atoms with Crippen molar-refractivity contribution in [3.63, 3.8) is 0 Å². The van der Waals surface area contributed by atoms with Crippen LogP contribution in [0.5, 0.6) is 5.75 Å². The van der Waals surface area contributed by atoms with Crippen molar-refractivity contribution in [2.24, 2.45) is 0 Å². The van der Waals surface area contributed by atoms with Gasteiger partial charge in [0.2, 0.25) is 23.3 Å². The summed E-state index contributed by atoms with van der Waals surface area (Å²) in [6, 6.07) is 12.9. The molecule has 0 spiro atoms. The molecule has 162 valence electrons. The van der Waals surface area contributed by atoms with E-state index in [9.17, 15) is 9.59 Å². The highest BCUT2D eigenvalue weighted by molar-refractivity contribution is 6.39. The molecule has 1 unspecified atom stereocenters. The van der Waals surface area contributed by atoms with E-state index in [-0.39, 0.29) is 11.6 Å². The molecule has 32 heavy (non-hydrogen) atoms. The number of benzene rings is 2. The second-order valence-electron chi connectivity index (χ2n) is 8.64. The van der Waals surface area contributed by atoms with Crippen molar-refractivity contribution < 1.29 is 19.3 Å². The Morgan fingerprint density at radius 3 is 2.44 bits per heavy atom. The van der Waals surface area contributed by atoms with Crippen molar-refractivity contribution in [3.8, 4) is 5.75 Å². The summed E-state index contributed by atoms with van der Waals surface area (Å²) in [5.41, 5.74) is 4.87. The van der Waals surface area contributed by atoms with Gasteiger partial charge in [0.25, 0.3) is 0 Å². The van der Waals surface area contributed by atoms with Crippen LogP contribution in [0.3, 0.4) is 0 Å². The average Bonchev–Trinajstić information content (AvgIpc) is 2.78. The molecule has 1 atom stereocenters. The van der Waals surface area contributed by atoms with Crippen LogP contribution < -0.4 is 15.0 Å². The van der Waals surface area contributed by atoms with Crippen molar-refractivity contribution >= 4 is 23.0 Å². The predicted octanol–water partition coefficient (Wildman–Crippen LogP) is 1.72. The van der Waals surface area contributed by atoms with E-state index in [1.807, 2.05) is 45.3 Å². The number of aryl methyl sites for hydroxylation is 1. The summed E-state index contributed by atoms with van der Waals surface area (Å²) < 4.78 is 6.29. The number of nitrogens with one attached hydrogen (secondary N) is 2. The van der Waals surface area contributed by atoms with Gasteiger partial charge >= 0.3 is 0 Å². The molecule has 5 rings (SSSR count). The van der Waals surface area contributed by atoms with Crippen LogP contribution in [0.25, 0.3) is 0 Å². The van der Waals surface area contributed by atoms with Crippen LogP contribution in [0.1, 0.15) is 32.7 Å². The highest BCUT2D eigenvalue weighted by atomic mass is 16.5. The van der Waals surface area contributed by atoms with Crippen LogP contribution in [-0.2, 0) is 0 Å².